The Bertz CT molecular complexity index is 2530. The van der Waals surface area contributed by atoms with Crippen molar-refractivity contribution in [3.8, 4) is 16.9 Å². The van der Waals surface area contributed by atoms with Crippen LogP contribution >= 0.6 is 11.3 Å². The Kier molecular flexibility index (Phi) is 9.89. The number of carbonyl (C=O) groups is 5. The highest BCUT2D eigenvalue weighted by Crippen LogP contribution is 2.38. The Morgan fingerprint density at radius 1 is 0.898 bits per heavy atom. The van der Waals surface area contributed by atoms with Gasteiger partial charge in [0.05, 0.1) is 5.56 Å². The van der Waals surface area contributed by atoms with Crippen LogP contribution in [-0.2, 0) is 34.0 Å². The molecule has 2 saturated heterocycles. The number of aromatic nitrogens is 1. The molecule has 1 aromatic heterocycles. The average Bonchev–Trinajstić information content (AvgIpc) is 3.94. The van der Waals surface area contributed by atoms with Crippen LogP contribution in [-0.4, -0.2) is 86.5 Å². The number of phenolic OH excluding ortho intramolecular Hbond substituents is 1. The minimum atomic E-state index is -1.32. The number of anilines is 2. The summed E-state index contributed by atoms with van der Waals surface area (Å²) in [4.78, 5) is 76.0. The molecule has 59 heavy (non-hydrogen) atoms. The number of thiazole rings is 1. The molecule has 0 spiro atoms. The fourth-order valence-electron chi connectivity index (χ4n) is 8.46. The van der Waals surface area contributed by atoms with Crippen molar-refractivity contribution in [2.75, 3.05) is 36.4 Å². The van der Waals surface area contributed by atoms with E-state index in [1.807, 2.05) is 42.5 Å². The quantitative estimate of drug-likeness (QED) is 0.170. The third-order valence-corrected chi connectivity index (χ3v) is 12.1. The van der Waals surface area contributed by atoms with E-state index in [0.717, 1.165) is 66.8 Å². The van der Waals surface area contributed by atoms with Crippen molar-refractivity contribution in [1.29, 1.82) is 0 Å². The van der Waals surface area contributed by atoms with Gasteiger partial charge in [0.15, 0.2) is 5.13 Å². The molecule has 5 heterocycles. The van der Waals surface area contributed by atoms with Crippen LogP contribution in [0.15, 0.2) is 84.4 Å². The van der Waals surface area contributed by atoms with Crippen molar-refractivity contribution in [2.24, 2.45) is 0 Å². The maximum atomic E-state index is 15.3. The molecule has 5 aromatic rings. The number of fused-ring (bicyclic) bond motifs is 2. The maximum absolute atomic E-state index is 15.3. The number of amides is 5. The van der Waals surface area contributed by atoms with Crippen molar-refractivity contribution >= 4 is 51.7 Å². The summed E-state index contributed by atoms with van der Waals surface area (Å²) >= 11 is 1.19. The second kappa shape index (κ2) is 15.3. The van der Waals surface area contributed by atoms with E-state index in [1.54, 1.807) is 11.4 Å². The lowest BCUT2D eigenvalue weighted by Gasteiger charge is -2.36. The lowest BCUT2D eigenvalue weighted by Crippen LogP contribution is -2.52. The Hall–Kier alpha value is -6.52. The van der Waals surface area contributed by atoms with Crippen LogP contribution in [0.3, 0.4) is 0 Å². The van der Waals surface area contributed by atoms with Gasteiger partial charge in [-0.05, 0) is 76.7 Å². The van der Waals surface area contributed by atoms with Gasteiger partial charge in [-0.3, -0.25) is 39.5 Å². The Morgan fingerprint density at radius 3 is 2.42 bits per heavy atom. The zero-order chi connectivity index (χ0) is 40.9. The number of piperidine rings is 1. The second-order valence-corrected chi connectivity index (χ2v) is 16.0. The van der Waals surface area contributed by atoms with Crippen LogP contribution in [0.25, 0.3) is 11.1 Å². The summed E-state index contributed by atoms with van der Waals surface area (Å²) in [6.07, 6.45) is 1.87. The van der Waals surface area contributed by atoms with E-state index < -0.39 is 47.3 Å². The van der Waals surface area contributed by atoms with E-state index in [-0.39, 0.29) is 48.7 Å². The Balaban J connectivity index is 0.842. The van der Waals surface area contributed by atoms with Gasteiger partial charge in [-0.1, -0.05) is 30.3 Å². The first kappa shape index (κ1) is 38.0. The largest absolute Gasteiger partial charge is 0.508 e. The molecule has 0 aliphatic carbocycles. The summed E-state index contributed by atoms with van der Waals surface area (Å²) in [6, 6.07) is 18.0. The molecule has 2 fully saturated rings. The lowest BCUT2D eigenvalue weighted by atomic mass is 10.00. The number of carbonyl (C=O) groups excluding carboxylic acids is 5. The summed E-state index contributed by atoms with van der Waals surface area (Å²) in [6.45, 7) is 3.60. The molecule has 0 radical (unpaired) electrons. The summed E-state index contributed by atoms with van der Waals surface area (Å²) < 4.78 is 29.7. The van der Waals surface area contributed by atoms with Gasteiger partial charge in [-0.15, -0.1) is 11.3 Å². The molecule has 2 unspecified atom stereocenters. The number of nitrogens with one attached hydrogen (secondary N) is 2. The molecule has 4 aliphatic rings. The molecule has 0 saturated carbocycles. The molecular weight excluding hydrogens is 781 g/mol. The second-order valence-electron chi connectivity index (χ2n) is 15.1. The first-order chi connectivity index (χ1) is 28.5. The molecule has 300 valence electrons. The topological polar surface area (TPSA) is 155 Å². The van der Waals surface area contributed by atoms with Crippen LogP contribution in [0.4, 0.5) is 19.6 Å². The van der Waals surface area contributed by atoms with Gasteiger partial charge in [0, 0.05) is 80.6 Å². The number of aromatic hydroxyl groups is 1. The number of imide groups is 1. The van der Waals surface area contributed by atoms with Gasteiger partial charge in [0.1, 0.15) is 29.5 Å². The fraction of sp³-hybridized carbons (Fsp3) is 0.256. The highest BCUT2D eigenvalue weighted by Gasteiger charge is 2.41. The van der Waals surface area contributed by atoms with Crippen molar-refractivity contribution in [1.82, 2.24) is 25.0 Å². The van der Waals surface area contributed by atoms with E-state index in [0.29, 0.717) is 28.4 Å². The third-order valence-electron chi connectivity index (χ3n) is 11.4. The summed E-state index contributed by atoms with van der Waals surface area (Å²) in [7, 11) is 0. The maximum Gasteiger partial charge on any atom is 0.258 e. The summed E-state index contributed by atoms with van der Waals surface area (Å²) in [5.74, 6) is -4.07. The molecule has 4 aliphatic heterocycles. The lowest BCUT2D eigenvalue weighted by molar-refractivity contribution is -0.137. The van der Waals surface area contributed by atoms with Crippen LogP contribution in [0.1, 0.15) is 61.9 Å². The molecule has 13 nitrogen and oxygen atoms in total. The number of phenols is 1. The fourth-order valence-corrected chi connectivity index (χ4v) is 9.00. The average molecular weight is 818 g/mol. The van der Waals surface area contributed by atoms with Crippen LogP contribution in [0.2, 0.25) is 0 Å². The van der Waals surface area contributed by atoms with Crippen molar-refractivity contribution in [2.45, 2.75) is 44.6 Å². The number of hydrogen-bond acceptors (Lipinski definition) is 10. The van der Waals surface area contributed by atoms with Gasteiger partial charge in [0.25, 0.3) is 17.7 Å². The van der Waals surface area contributed by atoms with E-state index in [1.165, 1.54) is 33.4 Å². The first-order valence-corrected chi connectivity index (χ1v) is 20.0. The van der Waals surface area contributed by atoms with E-state index >= 15 is 4.39 Å². The molecule has 16 heteroatoms. The predicted octanol–water partition coefficient (Wildman–Crippen LogP) is 5.21. The summed E-state index contributed by atoms with van der Waals surface area (Å²) in [5.41, 5.74) is 5.06. The minimum Gasteiger partial charge on any atom is -0.508 e. The molecule has 9 rings (SSSR count). The van der Waals surface area contributed by atoms with Gasteiger partial charge >= 0.3 is 0 Å². The van der Waals surface area contributed by atoms with Crippen molar-refractivity contribution in [3.63, 3.8) is 0 Å². The van der Waals surface area contributed by atoms with Gasteiger partial charge in [-0.25, -0.2) is 13.8 Å². The van der Waals surface area contributed by atoms with E-state index in [4.69, 9.17) is 0 Å². The number of hydrogen-bond donors (Lipinski definition) is 3. The normalized spacial score (nSPS) is 18.5. The molecule has 0 bridgehead atoms. The standard InChI is InChI=1S/C43H37F2N7O6S/c44-29-5-9-35(53)32(20-29)38(40(56)48-43-46-11-16-59-43)52-22-27-2-1-26(19-31(27)41(52)57)25-3-6-30(7-4-25)50-14-12-49(13-15-50)21-24-17-28-23-51(42(58)37(28)33(45)18-24)34-8-10-36(54)47-39(34)55/h1-7,9,11,16-20,34,38,53H,8,10,12-15,21-23H2,(H,46,48,56)(H,47,54,55). The highest BCUT2D eigenvalue weighted by molar-refractivity contribution is 7.13. The zero-order valence-electron chi connectivity index (χ0n) is 31.5. The van der Waals surface area contributed by atoms with Gasteiger partial charge < -0.3 is 19.8 Å². The Morgan fingerprint density at radius 2 is 1.68 bits per heavy atom. The van der Waals surface area contributed by atoms with Crippen LogP contribution in [0.5, 0.6) is 5.75 Å². The van der Waals surface area contributed by atoms with Gasteiger partial charge in [-0.2, -0.15) is 0 Å². The van der Waals surface area contributed by atoms with Crippen molar-refractivity contribution < 1.29 is 37.9 Å². The number of nitrogens with zero attached hydrogens (tertiary/aromatic N) is 5. The van der Waals surface area contributed by atoms with E-state index in [2.05, 4.69) is 25.4 Å². The van der Waals surface area contributed by atoms with E-state index in [9.17, 15) is 33.5 Å². The first-order valence-electron chi connectivity index (χ1n) is 19.2. The van der Waals surface area contributed by atoms with Gasteiger partial charge in [0.2, 0.25) is 11.8 Å². The molecule has 4 aromatic carbocycles. The SMILES string of the molecule is O=C1CCC(N2Cc3cc(CN4CCN(c5ccc(-c6ccc7c(c6)C(=O)N(C(C(=O)Nc6nccs6)c6cc(F)ccc6O)C7)cc5)CC4)cc(F)c3C2=O)C(=O)N1. The number of piperazine rings is 1. The highest BCUT2D eigenvalue weighted by atomic mass is 32.1. The number of benzene rings is 4. The van der Waals surface area contributed by atoms with Crippen LogP contribution in [0, 0.1) is 11.6 Å². The number of rotatable bonds is 9. The third kappa shape index (κ3) is 7.29. The molecule has 2 atom stereocenters. The monoisotopic (exact) mass is 817 g/mol. The molecular formula is C43H37F2N7O6S. The molecule has 5 amide bonds. The predicted molar refractivity (Wildman–Crippen MR) is 213 cm³/mol. The zero-order valence-corrected chi connectivity index (χ0v) is 32.3. The smallest absolute Gasteiger partial charge is 0.258 e. The number of halogens is 2. The summed E-state index contributed by atoms with van der Waals surface area (Å²) in [5, 5.41) is 17.6. The minimum absolute atomic E-state index is 0.0109. The Labute approximate surface area is 340 Å². The van der Waals surface area contributed by atoms with Crippen molar-refractivity contribution in [3.05, 3.63) is 129 Å². The molecule has 3 N–H and O–H groups in total. The van der Waals surface area contributed by atoms with Crippen LogP contribution < -0.4 is 15.5 Å².